The number of ether oxygens (including phenoxy) is 1. The topological polar surface area (TPSA) is 44.7 Å². The van der Waals surface area contributed by atoms with Crippen molar-refractivity contribution >= 4 is 17.3 Å². The number of aliphatic hydroxyl groups excluding tert-OH is 1. The van der Waals surface area contributed by atoms with E-state index >= 15 is 0 Å². The lowest BCUT2D eigenvalue weighted by molar-refractivity contribution is -0.0785. The van der Waals surface area contributed by atoms with E-state index in [0.717, 1.165) is 31.0 Å². The molecular formula is C11H22N2O2S. The number of nitrogens with zero attached hydrogens (tertiary/aromatic N) is 1. The van der Waals surface area contributed by atoms with Crippen molar-refractivity contribution in [2.75, 3.05) is 26.2 Å². The Balaban J connectivity index is 2.36. The third-order valence-electron chi connectivity index (χ3n) is 2.62. The minimum atomic E-state index is -0.116. The minimum Gasteiger partial charge on any atom is -0.394 e. The smallest absolute Gasteiger partial charge is 0.169 e. The van der Waals surface area contributed by atoms with Crippen molar-refractivity contribution in [1.82, 2.24) is 10.2 Å². The highest BCUT2D eigenvalue weighted by Gasteiger charge is 2.25. The number of thiocarbonyl (C=S) groups is 1. The van der Waals surface area contributed by atoms with Gasteiger partial charge in [0.25, 0.3) is 0 Å². The number of aliphatic hydroxyl groups is 1. The molecule has 0 aromatic rings. The molecule has 1 fully saturated rings. The largest absolute Gasteiger partial charge is 0.394 e. The first-order chi connectivity index (χ1) is 7.67. The van der Waals surface area contributed by atoms with Crippen LogP contribution in [0.25, 0.3) is 0 Å². The van der Waals surface area contributed by atoms with E-state index in [-0.39, 0.29) is 18.8 Å². The quantitative estimate of drug-likeness (QED) is 0.566. The first kappa shape index (κ1) is 13.7. The second-order valence-corrected chi connectivity index (χ2v) is 4.63. The third kappa shape index (κ3) is 4.23. The summed E-state index contributed by atoms with van der Waals surface area (Å²) in [5.41, 5.74) is 0. The van der Waals surface area contributed by atoms with Crippen LogP contribution >= 0.6 is 12.2 Å². The molecule has 1 aliphatic rings. The van der Waals surface area contributed by atoms with Gasteiger partial charge in [-0.25, -0.2) is 0 Å². The lowest BCUT2D eigenvalue weighted by atomic mass is 10.2. The highest BCUT2D eigenvalue weighted by molar-refractivity contribution is 7.80. The number of rotatable bonds is 4. The molecule has 1 heterocycles. The molecule has 2 atom stereocenters. The molecule has 0 saturated carbocycles. The van der Waals surface area contributed by atoms with Crippen LogP contribution in [0, 0.1) is 0 Å². The molecule has 94 valence electrons. The predicted octanol–water partition coefficient (Wildman–Crippen LogP) is 0.743. The number of morpholine rings is 1. The van der Waals surface area contributed by atoms with Crippen molar-refractivity contribution in [3.63, 3.8) is 0 Å². The summed E-state index contributed by atoms with van der Waals surface area (Å²) in [7, 11) is 0. The molecule has 1 saturated heterocycles. The zero-order chi connectivity index (χ0) is 12.0. The zero-order valence-corrected chi connectivity index (χ0v) is 10.9. The maximum atomic E-state index is 9.11. The predicted molar refractivity (Wildman–Crippen MR) is 68.5 cm³/mol. The SMILES string of the molecule is CCCCNC(=S)N1CC(C)OC(CO)C1. The van der Waals surface area contributed by atoms with Crippen LogP contribution in [0.2, 0.25) is 0 Å². The van der Waals surface area contributed by atoms with Gasteiger partial charge in [-0.3, -0.25) is 0 Å². The van der Waals surface area contributed by atoms with Gasteiger partial charge in [-0.15, -0.1) is 0 Å². The van der Waals surface area contributed by atoms with Gasteiger partial charge in [-0.2, -0.15) is 0 Å². The number of hydrogen-bond acceptors (Lipinski definition) is 3. The Morgan fingerprint density at radius 2 is 2.31 bits per heavy atom. The van der Waals surface area contributed by atoms with Gasteiger partial charge in [-0.05, 0) is 25.6 Å². The molecule has 0 radical (unpaired) electrons. The van der Waals surface area contributed by atoms with Crippen molar-refractivity contribution in [3.05, 3.63) is 0 Å². The highest BCUT2D eigenvalue weighted by atomic mass is 32.1. The monoisotopic (exact) mass is 246 g/mol. The van der Waals surface area contributed by atoms with Crippen molar-refractivity contribution in [2.24, 2.45) is 0 Å². The maximum Gasteiger partial charge on any atom is 0.169 e. The molecule has 0 spiro atoms. The fraction of sp³-hybridized carbons (Fsp3) is 0.909. The Hall–Kier alpha value is -0.390. The Bertz CT molecular complexity index is 226. The van der Waals surface area contributed by atoms with Gasteiger partial charge < -0.3 is 20.1 Å². The average molecular weight is 246 g/mol. The van der Waals surface area contributed by atoms with E-state index in [2.05, 4.69) is 17.1 Å². The normalized spacial score (nSPS) is 25.6. The van der Waals surface area contributed by atoms with E-state index < -0.39 is 0 Å². The van der Waals surface area contributed by atoms with Gasteiger partial charge in [0.15, 0.2) is 5.11 Å². The second-order valence-electron chi connectivity index (χ2n) is 4.24. The van der Waals surface area contributed by atoms with Gasteiger partial charge >= 0.3 is 0 Å². The molecule has 4 nitrogen and oxygen atoms in total. The third-order valence-corrected chi connectivity index (χ3v) is 3.03. The Labute approximate surface area is 103 Å². The lowest BCUT2D eigenvalue weighted by Crippen LogP contribution is -2.53. The van der Waals surface area contributed by atoms with Gasteiger partial charge in [0.1, 0.15) is 0 Å². The fourth-order valence-electron chi connectivity index (χ4n) is 1.80. The molecule has 1 aliphatic heterocycles. The van der Waals surface area contributed by atoms with E-state index in [1.54, 1.807) is 0 Å². The summed E-state index contributed by atoms with van der Waals surface area (Å²) in [6.45, 7) is 6.61. The molecule has 2 unspecified atom stereocenters. The van der Waals surface area contributed by atoms with Crippen LogP contribution in [0.1, 0.15) is 26.7 Å². The standard InChI is InChI=1S/C11H22N2O2S/c1-3-4-5-12-11(16)13-6-9(2)15-10(7-13)8-14/h9-10,14H,3-8H2,1-2H3,(H,12,16). The Kier molecular flexibility index (Phi) is 6.01. The van der Waals surface area contributed by atoms with E-state index in [0.29, 0.717) is 6.54 Å². The van der Waals surface area contributed by atoms with Crippen LogP contribution < -0.4 is 5.32 Å². The molecule has 0 bridgehead atoms. The average Bonchev–Trinajstić information content (AvgIpc) is 2.28. The molecule has 0 amide bonds. The maximum absolute atomic E-state index is 9.11. The molecule has 1 rings (SSSR count). The Morgan fingerprint density at radius 3 is 2.94 bits per heavy atom. The van der Waals surface area contributed by atoms with Crippen LogP contribution in [0.4, 0.5) is 0 Å². The molecule has 5 heteroatoms. The molecule has 16 heavy (non-hydrogen) atoms. The highest BCUT2D eigenvalue weighted by Crippen LogP contribution is 2.10. The summed E-state index contributed by atoms with van der Waals surface area (Å²) >= 11 is 5.32. The van der Waals surface area contributed by atoms with Crippen LogP contribution in [0.5, 0.6) is 0 Å². The van der Waals surface area contributed by atoms with Crippen LogP contribution in [-0.4, -0.2) is 53.6 Å². The van der Waals surface area contributed by atoms with Gasteiger partial charge in [-0.1, -0.05) is 13.3 Å². The van der Waals surface area contributed by atoms with E-state index in [1.165, 1.54) is 0 Å². The lowest BCUT2D eigenvalue weighted by Gasteiger charge is -2.37. The first-order valence-corrected chi connectivity index (χ1v) is 6.37. The van der Waals surface area contributed by atoms with Gasteiger partial charge in [0.2, 0.25) is 0 Å². The fourth-order valence-corrected chi connectivity index (χ4v) is 2.05. The number of hydrogen-bond donors (Lipinski definition) is 2. The first-order valence-electron chi connectivity index (χ1n) is 5.96. The summed E-state index contributed by atoms with van der Waals surface area (Å²) in [6, 6.07) is 0. The van der Waals surface area contributed by atoms with Crippen molar-refractivity contribution < 1.29 is 9.84 Å². The van der Waals surface area contributed by atoms with Crippen LogP contribution in [0.3, 0.4) is 0 Å². The van der Waals surface area contributed by atoms with Crippen molar-refractivity contribution in [2.45, 2.75) is 38.9 Å². The van der Waals surface area contributed by atoms with E-state index in [9.17, 15) is 0 Å². The summed E-state index contributed by atoms with van der Waals surface area (Å²) in [6.07, 6.45) is 2.30. The van der Waals surface area contributed by atoms with Crippen molar-refractivity contribution in [3.8, 4) is 0 Å². The van der Waals surface area contributed by atoms with Gasteiger partial charge in [0, 0.05) is 19.6 Å². The summed E-state index contributed by atoms with van der Waals surface area (Å²) in [5, 5.41) is 13.1. The van der Waals surface area contributed by atoms with Crippen LogP contribution in [0.15, 0.2) is 0 Å². The molecular weight excluding hydrogens is 224 g/mol. The molecule has 2 N–H and O–H groups in total. The second kappa shape index (κ2) is 7.04. The van der Waals surface area contributed by atoms with E-state index in [1.807, 2.05) is 6.92 Å². The Morgan fingerprint density at radius 1 is 1.56 bits per heavy atom. The summed E-state index contributed by atoms with van der Waals surface area (Å²) < 4.78 is 5.56. The van der Waals surface area contributed by atoms with Crippen molar-refractivity contribution in [1.29, 1.82) is 0 Å². The molecule has 0 aromatic carbocycles. The molecule has 0 aliphatic carbocycles. The zero-order valence-electron chi connectivity index (χ0n) is 10.1. The molecule has 0 aromatic heterocycles. The summed E-state index contributed by atoms with van der Waals surface area (Å²) in [5.74, 6) is 0. The van der Waals surface area contributed by atoms with E-state index in [4.69, 9.17) is 22.1 Å². The number of unbranched alkanes of at least 4 members (excludes halogenated alkanes) is 1. The van der Waals surface area contributed by atoms with Gasteiger partial charge in [0.05, 0.1) is 18.8 Å². The number of nitrogens with one attached hydrogen (secondary N) is 1. The minimum absolute atomic E-state index is 0.0540. The van der Waals surface area contributed by atoms with Crippen LogP contribution in [-0.2, 0) is 4.74 Å². The summed E-state index contributed by atoms with van der Waals surface area (Å²) in [4.78, 5) is 2.08.